The van der Waals surface area contributed by atoms with E-state index in [1.165, 1.54) is 19.3 Å². The van der Waals surface area contributed by atoms with Crippen molar-refractivity contribution >= 4 is 0 Å². The second-order valence-corrected chi connectivity index (χ2v) is 6.48. The fraction of sp³-hybridized carbons (Fsp3) is 0.625. The van der Waals surface area contributed by atoms with E-state index < -0.39 is 0 Å². The van der Waals surface area contributed by atoms with Gasteiger partial charge in [0.1, 0.15) is 5.75 Å². The minimum Gasteiger partial charge on any atom is -0.507 e. The highest BCUT2D eigenvalue weighted by atomic mass is 16.7. The molecule has 1 N–H and O–H groups in total. The molecule has 116 valence electrons. The lowest BCUT2D eigenvalue weighted by molar-refractivity contribution is 0.0257. The van der Waals surface area contributed by atoms with E-state index in [-0.39, 0.29) is 12.5 Å². The largest absolute Gasteiger partial charge is 0.507 e. The Morgan fingerprint density at radius 3 is 2.38 bits per heavy atom. The number of rotatable bonds is 5. The highest BCUT2D eigenvalue weighted by Gasteiger charge is 2.39. The number of nitrogens with zero attached hydrogens (tertiary/aromatic N) is 2. The quantitative estimate of drug-likeness (QED) is 0.900. The molecule has 2 aliphatic rings. The van der Waals surface area contributed by atoms with Gasteiger partial charge >= 0.3 is 0 Å². The van der Waals surface area contributed by atoms with Gasteiger partial charge < -0.3 is 24.4 Å². The van der Waals surface area contributed by atoms with Gasteiger partial charge in [-0.25, -0.2) is 0 Å². The second kappa shape index (κ2) is 5.39. The third-order valence-electron chi connectivity index (χ3n) is 4.81. The van der Waals surface area contributed by atoms with Crippen LogP contribution in [0.3, 0.4) is 0 Å². The average molecular weight is 292 g/mol. The van der Waals surface area contributed by atoms with Crippen molar-refractivity contribution in [1.82, 2.24) is 9.80 Å². The first kappa shape index (κ1) is 14.5. The Hall–Kier alpha value is -1.46. The van der Waals surface area contributed by atoms with E-state index in [1.54, 1.807) is 6.07 Å². The number of aromatic hydroxyl groups is 1. The molecule has 0 aromatic heterocycles. The molecule has 0 radical (unpaired) electrons. The van der Waals surface area contributed by atoms with Crippen molar-refractivity contribution in [3.63, 3.8) is 0 Å². The van der Waals surface area contributed by atoms with Crippen LogP contribution < -0.4 is 9.47 Å². The van der Waals surface area contributed by atoms with Crippen molar-refractivity contribution in [3.8, 4) is 17.2 Å². The summed E-state index contributed by atoms with van der Waals surface area (Å²) in [6, 6.07) is 3.54. The summed E-state index contributed by atoms with van der Waals surface area (Å²) in [4.78, 5) is 4.61. The highest BCUT2D eigenvalue weighted by Crippen LogP contribution is 2.39. The van der Waals surface area contributed by atoms with Crippen LogP contribution in [0.5, 0.6) is 17.2 Å². The Bertz CT molecular complexity index is 526. The molecule has 1 heterocycles. The SMILES string of the molecule is CN(Cc1cc2c(cc1O)OCO2)CC1(N(C)C)CCC1. The fourth-order valence-corrected chi connectivity index (χ4v) is 3.28. The van der Waals surface area contributed by atoms with Crippen molar-refractivity contribution in [2.45, 2.75) is 31.3 Å². The summed E-state index contributed by atoms with van der Waals surface area (Å²) in [6.07, 6.45) is 3.80. The number of benzene rings is 1. The van der Waals surface area contributed by atoms with Gasteiger partial charge in [-0.3, -0.25) is 0 Å². The van der Waals surface area contributed by atoms with Crippen LogP contribution in [-0.2, 0) is 6.54 Å². The van der Waals surface area contributed by atoms with Gasteiger partial charge in [0.2, 0.25) is 6.79 Å². The van der Waals surface area contributed by atoms with Gasteiger partial charge in [-0.1, -0.05) is 0 Å². The Labute approximate surface area is 126 Å². The van der Waals surface area contributed by atoms with Gasteiger partial charge in [-0.2, -0.15) is 0 Å². The summed E-state index contributed by atoms with van der Waals surface area (Å²) < 4.78 is 10.7. The smallest absolute Gasteiger partial charge is 0.231 e. The average Bonchev–Trinajstić information content (AvgIpc) is 2.80. The molecule has 1 fully saturated rings. The molecule has 0 atom stereocenters. The zero-order valence-corrected chi connectivity index (χ0v) is 13.1. The monoisotopic (exact) mass is 292 g/mol. The molecule has 0 saturated heterocycles. The van der Waals surface area contributed by atoms with Crippen LogP contribution in [0.25, 0.3) is 0 Å². The van der Waals surface area contributed by atoms with Crippen LogP contribution in [-0.4, -0.2) is 54.9 Å². The van der Waals surface area contributed by atoms with E-state index in [9.17, 15) is 5.11 Å². The van der Waals surface area contributed by atoms with Crippen molar-refractivity contribution in [2.24, 2.45) is 0 Å². The number of likely N-dealkylation sites (N-methyl/N-ethyl adjacent to an activating group) is 2. The number of phenolic OH excluding ortho intramolecular Hbond substituents is 1. The molecule has 1 aliphatic heterocycles. The third-order valence-corrected chi connectivity index (χ3v) is 4.81. The number of hydrogen-bond donors (Lipinski definition) is 1. The molecular weight excluding hydrogens is 268 g/mol. The maximum absolute atomic E-state index is 10.1. The van der Waals surface area contributed by atoms with E-state index >= 15 is 0 Å². The summed E-state index contributed by atoms with van der Waals surface area (Å²) >= 11 is 0. The first-order valence-corrected chi connectivity index (χ1v) is 7.48. The topological polar surface area (TPSA) is 45.2 Å². The lowest BCUT2D eigenvalue weighted by Crippen LogP contribution is -2.56. The normalized spacial score (nSPS) is 19.1. The van der Waals surface area contributed by atoms with Crippen molar-refractivity contribution in [1.29, 1.82) is 0 Å². The lowest BCUT2D eigenvalue weighted by atomic mass is 9.75. The molecule has 5 nitrogen and oxygen atoms in total. The van der Waals surface area contributed by atoms with Crippen molar-refractivity contribution < 1.29 is 14.6 Å². The zero-order valence-electron chi connectivity index (χ0n) is 13.1. The van der Waals surface area contributed by atoms with Gasteiger partial charge in [0.15, 0.2) is 11.5 Å². The molecule has 1 aromatic carbocycles. The molecule has 0 unspecified atom stereocenters. The van der Waals surface area contributed by atoms with Gasteiger partial charge in [-0.05, 0) is 46.5 Å². The van der Waals surface area contributed by atoms with E-state index in [0.717, 1.165) is 17.9 Å². The predicted molar refractivity (Wildman–Crippen MR) is 80.8 cm³/mol. The molecule has 0 spiro atoms. The van der Waals surface area contributed by atoms with Crippen LogP contribution in [0.4, 0.5) is 0 Å². The zero-order chi connectivity index (χ0) is 15.0. The Morgan fingerprint density at radius 1 is 1.14 bits per heavy atom. The molecule has 21 heavy (non-hydrogen) atoms. The molecular formula is C16H24N2O3. The van der Waals surface area contributed by atoms with Gasteiger partial charge in [0.25, 0.3) is 0 Å². The van der Waals surface area contributed by atoms with Crippen molar-refractivity contribution in [3.05, 3.63) is 17.7 Å². The number of ether oxygens (including phenoxy) is 2. The number of hydrogen-bond acceptors (Lipinski definition) is 5. The number of fused-ring (bicyclic) bond motifs is 1. The highest BCUT2D eigenvalue weighted by molar-refractivity contribution is 5.51. The number of phenols is 1. The molecule has 5 heteroatoms. The predicted octanol–water partition coefficient (Wildman–Crippen LogP) is 2.04. The van der Waals surface area contributed by atoms with Crippen LogP contribution in [0.15, 0.2) is 12.1 Å². The minimum atomic E-state index is 0.234. The van der Waals surface area contributed by atoms with Crippen LogP contribution in [0.1, 0.15) is 24.8 Å². The van der Waals surface area contributed by atoms with E-state index in [0.29, 0.717) is 17.8 Å². The van der Waals surface area contributed by atoms with Gasteiger partial charge in [0, 0.05) is 30.3 Å². The van der Waals surface area contributed by atoms with Crippen LogP contribution in [0, 0.1) is 0 Å². The maximum Gasteiger partial charge on any atom is 0.231 e. The fourth-order valence-electron chi connectivity index (χ4n) is 3.28. The molecule has 1 saturated carbocycles. The van der Waals surface area contributed by atoms with E-state index in [2.05, 4.69) is 30.9 Å². The standard InChI is InChI=1S/C16H24N2O3/c1-17(2)16(5-4-6-16)10-18(3)9-12-7-14-15(8-13(12)19)21-11-20-14/h7-8,19H,4-6,9-11H2,1-3H3. The lowest BCUT2D eigenvalue weighted by Gasteiger charge is -2.49. The molecule has 3 rings (SSSR count). The van der Waals surface area contributed by atoms with Crippen LogP contribution in [0.2, 0.25) is 0 Å². The van der Waals surface area contributed by atoms with E-state index in [4.69, 9.17) is 9.47 Å². The van der Waals surface area contributed by atoms with E-state index in [1.807, 2.05) is 6.07 Å². The Kier molecular flexibility index (Phi) is 3.71. The Morgan fingerprint density at radius 2 is 1.81 bits per heavy atom. The van der Waals surface area contributed by atoms with Gasteiger partial charge in [0.05, 0.1) is 0 Å². The van der Waals surface area contributed by atoms with Crippen LogP contribution >= 0.6 is 0 Å². The Balaban J connectivity index is 1.69. The first-order chi connectivity index (χ1) is 10.00. The summed E-state index contributed by atoms with van der Waals surface area (Å²) in [5.41, 5.74) is 1.18. The molecule has 1 aliphatic carbocycles. The summed E-state index contributed by atoms with van der Waals surface area (Å²) in [5.74, 6) is 1.63. The van der Waals surface area contributed by atoms with Gasteiger partial charge in [-0.15, -0.1) is 0 Å². The first-order valence-electron chi connectivity index (χ1n) is 7.48. The second-order valence-electron chi connectivity index (χ2n) is 6.48. The summed E-state index contributed by atoms with van der Waals surface area (Å²) in [7, 11) is 6.42. The molecule has 0 amide bonds. The molecule has 1 aromatic rings. The minimum absolute atomic E-state index is 0.234. The molecule has 0 bridgehead atoms. The van der Waals surface area contributed by atoms with Crippen molar-refractivity contribution in [2.75, 3.05) is 34.5 Å². The third kappa shape index (κ3) is 2.68. The summed E-state index contributed by atoms with van der Waals surface area (Å²) in [5, 5.41) is 10.1. The summed E-state index contributed by atoms with van der Waals surface area (Å²) in [6.45, 7) is 1.95. The maximum atomic E-state index is 10.1.